The molecule has 1 amide bonds. The van der Waals surface area contributed by atoms with Crippen molar-refractivity contribution in [3.63, 3.8) is 0 Å². The van der Waals surface area contributed by atoms with Crippen molar-refractivity contribution in [3.8, 4) is 22.8 Å². The average Bonchev–Trinajstić information content (AvgIpc) is 3.61. The van der Waals surface area contributed by atoms with Crippen molar-refractivity contribution < 1.29 is 18.8 Å². The molecule has 2 aromatic heterocycles. The maximum absolute atomic E-state index is 13.9. The topological polar surface area (TPSA) is 82.6 Å². The van der Waals surface area contributed by atoms with Gasteiger partial charge in [0, 0.05) is 23.7 Å². The van der Waals surface area contributed by atoms with Gasteiger partial charge in [0.05, 0.1) is 24.1 Å². The highest BCUT2D eigenvalue weighted by atomic mass is 16.7. The molecule has 3 aromatic carbocycles. The molecule has 6 rings (SSSR count). The number of hydrogen-bond acceptors (Lipinski definition) is 6. The van der Waals surface area contributed by atoms with E-state index in [2.05, 4.69) is 5.16 Å². The maximum atomic E-state index is 13.9. The number of carbonyl (C=O) groups is 1. The highest BCUT2D eigenvalue weighted by Gasteiger charge is 2.26. The number of para-hydroxylation sites is 2. The molecule has 5 aromatic rings. The van der Waals surface area contributed by atoms with Gasteiger partial charge in [-0.05, 0) is 37.3 Å². The Morgan fingerprint density at radius 3 is 2.58 bits per heavy atom. The first kappa shape index (κ1) is 21.9. The molecule has 0 unspecified atom stereocenters. The van der Waals surface area contributed by atoms with Gasteiger partial charge in [-0.1, -0.05) is 47.6 Å². The molecule has 0 saturated carbocycles. The fourth-order valence-electron chi connectivity index (χ4n) is 4.51. The molecular weight excluding hydrogens is 456 g/mol. The van der Waals surface area contributed by atoms with Crippen LogP contribution in [0.4, 0.5) is 0 Å². The fraction of sp³-hybridized carbons (Fsp3) is 0.179. The highest BCUT2D eigenvalue weighted by Crippen LogP contribution is 2.34. The van der Waals surface area contributed by atoms with Gasteiger partial charge in [-0.3, -0.25) is 4.79 Å². The van der Waals surface area contributed by atoms with Crippen LogP contribution in [-0.4, -0.2) is 32.3 Å². The summed E-state index contributed by atoms with van der Waals surface area (Å²) in [5.74, 6) is 2.49. The normalized spacial score (nSPS) is 12.3. The van der Waals surface area contributed by atoms with Gasteiger partial charge in [0.1, 0.15) is 17.3 Å². The molecule has 0 fully saturated rings. The molecule has 0 bridgehead atoms. The predicted octanol–water partition coefficient (Wildman–Crippen LogP) is 5.11. The van der Waals surface area contributed by atoms with Gasteiger partial charge in [-0.15, -0.1) is 0 Å². The van der Waals surface area contributed by atoms with Gasteiger partial charge >= 0.3 is 0 Å². The minimum atomic E-state index is -0.153. The Balaban J connectivity index is 1.40. The van der Waals surface area contributed by atoms with Crippen LogP contribution in [0.15, 0.2) is 77.3 Å². The lowest BCUT2D eigenvalue weighted by Crippen LogP contribution is -2.31. The molecule has 0 radical (unpaired) electrons. The van der Waals surface area contributed by atoms with Crippen molar-refractivity contribution in [3.05, 3.63) is 95.5 Å². The molecule has 0 N–H and O–H groups in total. The molecule has 0 spiro atoms. The zero-order valence-corrected chi connectivity index (χ0v) is 20.0. The van der Waals surface area contributed by atoms with E-state index in [9.17, 15) is 4.79 Å². The largest absolute Gasteiger partial charge is 0.454 e. The molecule has 180 valence electrons. The molecular formula is C28H24N4O4. The number of benzene rings is 3. The number of fused-ring (bicyclic) bond motifs is 2. The first-order valence-electron chi connectivity index (χ1n) is 11.7. The summed E-state index contributed by atoms with van der Waals surface area (Å²) in [5, 5.41) is 4.31. The van der Waals surface area contributed by atoms with Gasteiger partial charge in [0.25, 0.3) is 5.91 Å². The summed E-state index contributed by atoms with van der Waals surface area (Å²) in [6.07, 6.45) is 0. The SMILES string of the molecule is Cc1onc(-c2ccccc2)c1CN(Cc1nc2ccccc2n1C)C(=O)c1ccc2c(c1)OCO2. The summed E-state index contributed by atoms with van der Waals surface area (Å²) in [7, 11) is 1.97. The van der Waals surface area contributed by atoms with Crippen LogP contribution in [0.1, 0.15) is 27.5 Å². The quantitative estimate of drug-likeness (QED) is 0.336. The van der Waals surface area contributed by atoms with Crippen LogP contribution in [0.3, 0.4) is 0 Å². The van der Waals surface area contributed by atoms with Crippen LogP contribution in [0, 0.1) is 6.92 Å². The molecule has 36 heavy (non-hydrogen) atoms. The average molecular weight is 481 g/mol. The standard InChI is InChI=1S/C28H24N4O4/c1-18-21(27(30-36-18)19-8-4-3-5-9-19)15-32(16-26-29-22-10-6-7-11-23(22)31(26)2)28(33)20-12-13-24-25(14-20)35-17-34-24/h3-14H,15-17H2,1-2H3. The van der Waals surface area contributed by atoms with Crippen LogP contribution >= 0.6 is 0 Å². The zero-order valence-electron chi connectivity index (χ0n) is 20.0. The van der Waals surface area contributed by atoms with E-state index in [0.29, 0.717) is 35.9 Å². The van der Waals surface area contributed by atoms with E-state index in [4.69, 9.17) is 19.0 Å². The number of amides is 1. The van der Waals surface area contributed by atoms with Crippen molar-refractivity contribution >= 4 is 16.9 Å². The van der Waals surface area contributed by atoms with Gasteiger partial charge < -0.3 is 23.5 Å². The second-order valence-electron chi connectivity index (χ2n) is 8.74. The summed E-state index contributed by atoms with van der Waals surface area (Å²) >= 11 is 0. The third-order valence-electron chi connectivity index (χ3n) is 6.50. The third-order valence-corrected chi connectivity index (χ3v) is 6.50. The first-order chi connectivity index (χ1) is 17.6. The monoisotopic (exact) mass is 480 g/mol. The Hall–Kier alpha value is -4.59. The summed E-state index contributed by atoms with van der Waals surface area (Å²) in [5.41, 5.74) is 4.91. The maximum Gasteiger partial charge on any atom is 0.254 e. The van der Waals surface area contributed by atoms with Crippen LogP contribution < -0.4 is 9.47 Å². The van der Waals surface area contributed by atoms with Gasteiger partial charge in [-0.2, -0.15) is 0 Å². The van der Waals surface area contributed by atoms with E-state index in [0.717, 1.165) is 33.7 Å². The van der Waals surface area contributed by atoms with Crippen molar-refractivity contribution in [1.82, 2.24) is 19.6 Å². The van der Waals surface area contributed by atoms with Crippen molar-refractivity contribution in [2.24, 2.45) is 7.05 Å². The van der Waals surface area contributed by atoms with Crippen molar-refractivity contribution in [2.45, 2.75) is 20.0 Å². The number of ether oxygens (including phenoxy) is 2. The first-order valence-corrected chi connectivity index (χ1v) is 11.7. The number of rotatable bonds is 6. The van der Waals surface area contributed by atoms with E-state index in [-0.39, 0.29) is 12.7 Å². The molecule has 0 saturated heterocycles. The van der Waals surface area contributed by atoms with Gasteiger partial charge in [0.15, 0.2) is 11.5 Å². The van der Waals surface area contributed by atoms with E-state index >= 15 is 0 Å². The molecule has 8 heteroatoms. The molecule has 0 atom stereocenters. The zero-order chi connectivity index (χ0) is 24.6. The van der Waals surface area contributed by atoms with Gasteiger partial charge in [0.2, 0.25) is 6.79 Å². The Kier molecular flexibility index (Phi) is 5.41. The number of hydrogen-bond donors (Lipinski definition) is 0. The lowest BCUT2D eigenvalue weighted by Gasteiger charge is -2.23. The van der Waals surface area contributed by atoms with E-state index in [1.54, 1.807) is 23.1 Å². The summed E-state index contributed by atoms with van der Waals surface area (Å²) in [6, 6.07) is 23.0. The number of aromatic nitrogens is 3. The van der Waals surface area contributed by atoms with E-state index < -0.39 is 0 Å². The number of aryl methyl sites for hydroxylation is 2. The summed E-state index contributed by atoms with van der Waals surface area (Å²) in [6.45, 7) is 2.62. The number of imidazole rings is 1. The fourth-order valence-corrected chi connectivity index (χ4v) is 4.51. The van der Waals surface area contributed by atoms with Crippen LogP contribution in [-0.2, 0) is 20.1 Å². The summed E-state index contributed by atoms with van der Waals surface area (Å²) < 4.78 is 18.5. The molecule has 0 aliphatic carbocycles. The lowest BCUT2D eigenvalue weighted by atomic mass is 10.1. The van der Waals surface area contributed by atoms with Crippen LogP contribution in [0.2, 0.25) is 0 Å². The molecule has 1 aliphatic heterocycles. The highest BCUT2D eigenvalue weighted by molar-refractivity contribution is 5.95. The van der Waals surface area contributed by atoms with E-state index in [1.807, 2.05) is 73.1 Å². The second kappa shape index (κ2) is 8.88. The second-order valence-corrected chi connectivity index (χ2v) is 8.74. The van der Waals surface area contributed by atoms with Crippen LogP contribution in [0.25, 0.3) is 22.3 Å². The van der Waals surface area contributed by atoms with Crippen molar-refractivity contribution in [1.29, 1.82) is 0 Å². The Labute approximate surface area is 207 Å². The minimum absolute atomic E-state index is 0.150. The third kappa shape index (κ3) is 3.86. The molecule has 8 nitrogen and oxygen atoms in total. The Morgan fingerprint density at radius 1 is 0.972 bits per heavy atom. The smallest absolute Gasteiger partial charge is 0.254 e. The minimum Gasteiger partial charge on any atom is -0.454 e. The van der Waals surface area contributed by atoms with Crippen LogP contribution in [0.5, 0.6) is 11.5 Å². The number of carbonyl (C=O) groups excluding carboxylic acids is 1. The summed E-state index contributed by atoms with van der Waals surface area (Å²) in [4.78, 5) is 20.5. The van der Waals surface area contributed by atoms with Gasteiger partial charge in [-0.25, -0.2) is 4.98 Å². The lowest BCUT2D eigenvalue weighted by molar-refractivity contribution is 0.0723. The number of nitrogens with zero attached hydrogens (tertiary/aromatic N) is 4. The molecule has 3 heterocycles. The van der Waals surface area contributed by atoms with E-state index in [1.165, 1.54) is 0 Å². The predicted molar refractivity (Wildman–Crippen MR) is 134 cm³/mol. The van der Waals surface area contributed by atoms with Crippen molar-refractivity contribution in [2.75, 3.05) is 6.79 Å². The molecule has 1 aliphatic rings. The Bertz CT molecular complexity index is 1570. The Morgan fingerprint density at radius 2 is 1.75 bits per heavy atom.